The lowest BCUT2D eigenvalue weighted by molar-refractivity contribution is 0.0903. The largest absolute Gasteiger partial charge is 0.345 e. The highest BCUT2D eigenvalue weighted by atomic mass is 32.2. The Hall–Kier alpha value is -1.70. The van der Waals surface area contributed by atoms with E-state index in [2.05, 4.69) is 16.6 Å². The first-order valence-corrected chi connectivity index (χ1v) is 9.14. The maximum absolute atomic E-state index is 12.4. The van der Waals surface area contributed by atoms with Crippen molar-refractivity contribution in [3.63, 3.8) is 0 Å². The van der Waals surface area contributed by atoms with Gasteiger partial charge in [-0.05, 0) is 37.1 Å². The van der Waals surface area contributed by atoms with Crippen LogP contribution in [0.4, 0.5) is 0 Å². The molecule has 1 aliphatic carbocycles. The molecule has 1 aromatic carbocycles. The van der Waals surface area contributed by atoms with E-state index in [1.54, 1.807) is 0 Å². The quantitative estimate of drug-likeness (QED) is 0.650. The molecule has 0 aliphatic heterocycles. The zero-order chi connectivity index (χ0) is 16.9. The Morgan fingerprint density at radius 1 is 1.26 bits per heavy atom. The first-order chi connectivity index (χ1) is 10.9. The van der Waals surface area contributed by atoms with Gasteiger partial charge < -0.3 is 11.1 Å². The molecule has 4 N–H and O–H groups in total. The van der Waals surface area contributed by atoms with Gasteiger partial charge >= 0.3 is 0 Å². The average Bonchev–Trinajstić information content (AvgIpc) is 3.02. The van der Waals surface area contributed by atoms with Crippen LogP contribution in [0.3, 0.4) is 0 Å². The van der Waals surface area contributed by atoms with Gasteiger partial charge in [0.1, 0.15) is 0 Å². The highest BCUT2D eigenvalue weighted by molar-refractivity contribution is 7.89. The Bertz CT molecular complexity index is 662. The van der Waals surface area contributed by atoms with Gasteiger partial charge in [-0.25, -0.2) is 13.1 Å². The molecule has 0 radical (unpaired) electrons. The van der Waals surface area contributed by atoms with Crippen LogP contribution in [0.5, 0.6) is 0 Å². The SMILES string of the molecule is C=CCNS(=O)(=O)c1ccc(C(=O)NC2(CN)CCCC2)cc1. The van der Waals surface area contributed by atoms with Gasteiger partial charge in [-0.15, -0.1) is 6.58 Å². The van der Waals surface area contributed by atoms with Gasteiger partial charge in [-0.3, -0.25) is 4.79 Å². The smallest absolute Gasteiger partial charge is 0.251 e. The van der Waals surface area contributed by atoms with Gasteiger partial charge in [0.25, 0.3) is 5.91 Å². The summed E-state index contributed by atoms with van der Waals surface area (Å²) in [5.41, 5.74) is 5.91. The fraction of sp³-hybridized carbons (Fsp3) is 0.438. The molecule has 0 unspecified atom stereocenters. The predicted molar refractivity (Wildman–Crippen MR) is 89.5 cm³/mol. The van der Waals surface area contributed by atoms with E-state index in [9.17, 15) is 13.2 Å². The fourth-order valence-electron chi connectivity index (χ4n) is 2.78. The standard InChI is InChI=1S/C16H23N3O3S/c1-2-11-18-23(21,22)14-7-5-13(6-8-14)15(20)19-16(12-17)9-3-4-10-16/h2,5-8,18H,1,3-4,9-12,17H2,(H,19,20). The Labute approximate surface area is 137 Å². The lowest BCUT2D eigenvalue weighted by Gasteiger charge is -2.28. The van der Waals surface area contributed by atoms with Crippen LogP contribution in [0.2, 0.25) is 0 Å². The van der Waals surface area contributed by atoms with Crippen LogP contribution >= 0.6 is 0 Å². The van der Waals surface area contributed by atoms with E-state index >= 15 is 0 Å². The van der Waals surface area contributed by atoms with Crippen molar-refractivity contribution >= 4 is 15.9 Å². The summed E-state index contributed by atoms with van der Waals surface area (Å²) in [5, 5.41) is 3.01. The molecule has 0 saturated heterocycles. The van der Waals surface area contributed by atoms with Crippen molar-refractivity contribution in [2.75, 3.05) is 13.1 Å². The molecule has 126 valence electrons. The number of hydrogen-bond acceptors (Lipinski definition) is 4. The number of amides is 1. The molecule has 1 saturated carbocycles. The third-order valence-corrected chi connectivity index (χ3v) is 5.61. The average molecular weight is 337 g/mol. The van der Waals surface area contributed by atoms with Crippen LogP contribution in [0.1, 0.15) is 36.0 Å². The summed E-state index contributed by atoms with van der Waals surface area (Å²) < 4.78 is 26.3. The summed E-state index contributed by atoms with van der Waals surface area (Å²) in [5.74, 6) is -0.222. The minimum Gasteiger partial charge on any atom is -0.345 e. The second-order valence-electron chi connectivity index (χ2n) is 5.81. The minimum absolute atomic E-state index is 0.116. The van der Waals surface area contributed by atoms with Crippen molar-refractivity contribution in [2.45, 2.75) is 36.1 Å². The van der Waals surface area contributed by atoms with Crippen LogP contribution in [-0.4, -0.2) is 33.0 Å². The molecule has 0 heterocycles. The van der Waals surface area contributed by atoms with Gasteiger partial charge in [0, 0.05) is 18.7 Å². The van der Waals surface area contributed by atoms with Crippen LogP contribution < -0.4 is 15.8 Å². The summed E-state index contributed by atoms with van der Waals surface area (Å²) >= 11 is 0. The third-order valence-electron chi connectivity index (χ3n) is 4.17. The van der Waals surface area contributed by atoms with Gasteiger partial charge in [-0.2, -0.15) is 0 Å². The molecule has 2 rings (SSSR count). The van der Waals surface area contributed by atoms with Gasteiger partial charge in [0.2, 0.25) is 10.0 Å². The summed E-state index contributed by atoms with van der Waals surface area (Å²) in [6, 6.07) is 5.86. The minimum atomic E-state index is -3.58. The highest BCUT2D eigenvalue weighted by Gasteiger charge is 2.34. The van der Waals surface area contributed by atoms with Crippen molar-refractivity contribution in [3.05, 3.63) is 42.5 Å². The third kappa shape index (κ3) is 4.19. The van der Waals surface area contributed by atoms with E-state index in [1.165, 1.54) is 30.3 Å². The van der Waals surface area contributed by atoms with E-state index < -0.39 is 10.0 Å². The molecule has 0 atom stereocenters. The fourth-order valence-corrected chi connectivity index (χ4v) is 3.78. The Balaban J connectivity index is 2.10. The van der Waals surface area contributed by atoms with E-state index in [0.717, 1.165) is 25.7 Å². The second-order valence-corrected chi connectivity index (χ2v) is 7.58. The van der Waals surface area contributed by atoms with Gasteiger partial charge in [0.05, 0.1) is 10.4 Å². The van der Waals surface area contributed by atoms with Gasteiger partial charge in [0.15, 0.2) is 0 Å². The maximum Gasteiger partial charge on any atom is 0.251 e. The summed E-state index contributed by atoms with van der Waals surface area (Å²) in [6.07, 6.45) is 5.35. The first-order valence-electron chi connectivity index (χ1n) is 7.66. The molecule has 0 spiro atoms. The molecule has 0 bridgehead atoms. The molecule has 1 fully saturated rings. The van der Waals surface area contributed by atoms with E-state index in [-0.39, 0.29) is 22.9 Å². The van der Waals surface area contributed by atoms with Crippen LogP contribution in [0, 0.1) is 0 Å². The predicted octanol–water partition coefficient (Wildman–Crippen LogP) is 1.15. The number of carbonyl (C=O) groups excluding carboxylic acids is 1. The Morgan fingerprint density at radius 2 is 1.87 bits per heavy atom. The number of sulfonamides is 1. The summed E-state index contributed by atoms with van der Waals surface area (Å²) in [7, 11) is -3.58. The van der Waals surface area contributed by atoms with Crippen LogP contribution in [0.15, 0.2) is 41.8 Å². The molecule has 0 aromatic heterocycles. The summed E-state index contributed by atoms with van der Waals surface area (Å²) in [4.78, 5) is 12.5. The molecule has 1 aliphatic rings. The number of rotatable bonds is 7. The topological polar surface area (TPSA) is 101 Å². The second kappa shape index (κ2) is 7.25. The van der Waals surface area contributed by atoms with Crippen molar-refractivity contribution < 1.29 is 13.2 Å². The molecular weight excluding hydrogens is 314 g/mol. The number of hydrogen-bond donors (Lipinski definition) is 3. The maximum atomic E-state index is 12.4. The monoisotopic (exact) mass is 337 g/mol. The van der Waals surface area contributed by atoms with E-state index in [0.29, 0.717) is 12.1 Å². The number of carbonyl (C=O) groups is 1. The normalized spacial score (nSPS) is 16.9. The Kier molecular flexibility index (Phi) is 5.56. The molecule has 1 aromatic rings. The molecule has 6 nitrogen and oxygen atoms in total. The zero-order valence-electron chi connectivity index (χ0n) is 13.0. The Morgan fingerprint density at radius 3 is 2.39 bits per heavy atom. The van der Waals surface area contributed by atoms with Crippen LogP contribution in [0.25, 0.3) is 0 Å². The number of nitrogens with two attached hydrogens (primary N) is 1. The first kappa shape index (κ1) is 17.7. The highest BCUT2D eigenvalue weighted by Crippen LogP contribution is 2.29. The van der Waals surface area contributed by atoms with E-state index in [1.807, 2.05) is 0 Å². The lowest BCUT2D eigenvalue weighted by Crippen LogP contribution is -2.51. The van der Waals surface area contributed by atoms with Crippen molar-refractivity contribution in [3.8, 4) is 0 Å². The molecular formula is C16H23N3O3S. The lowest BCUT2D eigenvalue weighted by atomic mass is 9.97. The van der Waals surface area contributed by atoms with Crippen molar-refractivity contribution in [1.82, 2.24) is 10.0 Å². The summed E-state index contributed by atoms with van der Waals surface area (Å²) in [6.45, 7) is 4.04. The molecule has 1 amide bonds. The zero-order valence-corrected chi connectivity index (χ0v) is 13.9. The van der Waals surface area contributed by atoms with Crippen molar-refractivity contribution in [1.29, 1.82) is 0 Å². The molecule has 23 heavy (non-hydrogen) atoms. The van der Waals surface area contributed by atoms with Gasteiger partial charge in [-0.1, -0.05) is 18.9 Å². The number of nitrogens with one attached hydrogen (secondary N) is 2. The molecule has 7 heteroatoms. The van der Waals surface area contributed by atoms with Crippen LogP contribution in [-0.2, 0) is 10.0 Å². The van der Waals surface area contributed by atoms with E-state index in [4.69, 9.17) is 5.73 Å². The van der Waals surface area contributed by atoms with Crippen molar-refractivity contribution in [2.24, 2.45) is 5.73 Å². The number of benzene rings is 1.